The van der Waals surface area contributed by atoms with Gasteiger partial charge in [0.25, 0.3) is 0 Å². The maximum Gasteiger partial charge on any atom is 0.225 e. The predicted octanol–water partition coefficient (Wildman–Crippen LogP) is 0.435. The number of amides is 1. The molecule has 6 nitrogen and oxygen atoms in total. The summed E-state index contributed by atoms with van der Waals surface area (Å²) in [6.45, 7) is 6.16. The first-order valence-electron chi connectivity index (χ1n) is 8.55. The zero-order valence-electron chi connectivity index (χ0n) is 13.6. The molecule has 0 aromatic carbocycles. The van der Waals surface area contributed by atoms with Crippen LogP contribution in [0.25, 0.3) is 0 Å². The molecule has 0 bridgehead atoms. The lowest BCUT2D eigenvalue weighted by Crippen LogP contribution is -2.51. The predicted molar refractivity (Wildman–Crippen MR) is 89.3 cm³/mol. The highest BCUT2D eigenvalue weighted by Gasteiger charge is 2.30. The van der Waals surface area contributed by atoms with Gasteiger partial charge in [-0.25, -0.2) is 0 Å². The molecule has 126 valence electrons. The molecule has 3 rings (SSSR count). The number of aliphatic hydroxyl groups is 1. The van der Waals surface area contributed by atoms with E-state index in [1.165, 1.54) is 5.69 Å². The summed E-state index contributed by atoms with van der Waals surface area (Å²) in [5.74, 6) is 0.487. The maximum absolute atomic E-state index is 12.7. The van der Waals surface area contributed by atoms with E-state index in [1.54, 1.807) is 0 Å². The molecule has 0 saturated carbocycles. The molecule has 0 unspecified atom stereocenters. The van der Waals surface area contributed by atoms with Crippen LogP contribution < -0.4 is 4.90 Å². The van der Waals surface area contributed by atoms with E-state index >= 15 is 0 Å². The van der Waals surface area contributed by atoms with Crippen LogP contribution in [0.5, 0.6) is 0 Å². The van der Waals surface area contributed by atoms with Crippen molar-refractivity contribution in [3.8, 4) is 0 Å². The second-order valence-corrected chi connectivity index (χ2v) is 6.36. The number of aliphatic hydroxyl groups excluding tert-OH is 1. The van der Waals surface area contributed by atoms with Gasteiger partial charge in [-0.2, -0.15) is 0 Å². The molecule has 0 spiro atoms. The molecular weight excluding hydrogens is 292 g/mol. The topological polar surface area (TPSA) is 59.9 Å². The Morgan fingerprint density at radius 2 is 1.74 bits per heavy atom. The highest BCUT2D eigenvalue weighted by Crippen LogP contribution is 2.21. The van der Waals surface area contributed by atoms with Gasteiger partial charge in [0.1, 0.15) is 0 Å². The van der Waals surface area contributed by atoms with Crippen LogP contribution in [0.4, 0.5) is 5.69 Å². The Balaban J connectivity index is 1.47. The molecule has 23 heavy (non-hydrogen) atoms. The normalized spacial score (nSPS) is 20.7. The number of carbonyl (C=O) groups excluding carboxylic acids is 1. The Hall–Kier alpha value is -1.66. The number of hydrogen-bond acceptors (Lipinski definition) is 5. The van der Waals surface area contributed by atoms with Crippen LogP contribution >= 0.6 is 0 Å². The second-order valence-electron chi connectivity index (χ2n) is 6.36. The number of β-amino-alcohol motifs (C(OH)–C–C–N with tert-alkyl or cyclic N) is 1. The summed E-state index contributed by atoms with van der Waals surface area (Å²) in [6, 6.07) is 4.04. The second kappa shape index (κ2) is 7.75. The SMILES string of the molecule is O=C(C1CCN(CCO)CC1)N1CCN(c2ccncc2)CC1. The molecule has 6 heteroatoms. The minimum absolute atomic E-state index is 0.164. The van der Waals surface area contributed by atoms with E-state index in [1.807, 2.05) is 29.4 Å². The summed E-state index contributed by atoms with van der Waals surface area (Å²) in [6.07, 6.45) is 5.47. The third-order valence-corrected chi connectivity index (χ3v) is 4.97. The summed E-state index contributed by atoms with van der Waals surface area (Å²) in [5, 5.41) is 8.99. The van der Waals surface area contributed by atoms with Crippen LogP contribution in [-0.4, -0.2) is 78.2 Å². The van der Waals surface area contributed by atoms with Crippen LogP contribution in [0.15, 0.2) is 24.5 Å². The monoisotopic (exact) mass is 318 g/mol. The summed E-state index contributed by atoms with van der Waals surface area (Å²) in [4.78, 5) is 23.3. The van der Waals surface area contributed by atoms with Gasteiger partial charge in [-0.05, 0) is 38.1 Å². The Kier molecular flexibility index (Phi) is 5.46. The zero-order chi connectivity index (χ0) is 16.1. The number of rotatable bonds is 4. The van der Waals surface area contributed by atoms with Crippen LogP contribution in [0.3, 0.4) is 0 Å². The average molecular weight is 318 g/mol. The third-order valence-electron chi connectivity index (χ3n) is 4.97. The van der Waals surface area contributed by atoms with Gasteiger partial charge in [0.2, 0.25) is 5.91 Å². The minimum Gasteiger partial charge on any atom is -0.395 e. The summed E-state index contributed by atoms with van der Waals surface area (Å²) in [7, 11) is 0. The number of nitrogens with zero attached hydrogens (tertiary/aromatic N) is 4. The fraction of sp³-hybridized carbons (Fsp3) is 0.647. The van der Waals surface area contributed by atoms with E-state index in [4.69, 9.17) is 5.11 Å². The summed E-state index contributed by atoms with van der Waals surface area (Å²) in [5.41, 5.74) is 1.18. The molecule has 0 atom stereocenters. The fourth-order valence-electron chi connectivity index (χ4n) is 3.54. The highest BCUT2D eigenvalue weighted by atomic mass is 16.3. The van der Waals surface area contributed by atoms with E-state index in [2.05, 4.69) is 14.8 Å². The molecule has 0 aliphatic carbocycles. The summed E-state index contributed by atoms with van der Waals surface area (Å²) < 4.78 is 0. The third kappa shape index (κ3) is 4.00. The fourth-order valence-corrected chi connectivity index (χ4v) is 3.54. The van der Waals surface area contributed by atoms with E-state index in [0.717, 1.165) is 58.7 Å². The van der Waals surface area contributed by atoms with Crippen molar-refractivity contribution in [1.82, 2.24) is 14.8 Å². The number of pyridine rings is 1. The molecule has 1 aromatic heterocycles. The van der Waals surface area contributed by atoms with Gasteiger partial charge in [-0.1, -0.05) is 0 Å². The molecule has 2 fully saturated rings. The smallest absolute Gasteiger partial charge is 0.225 e. The van der Waals surface area contributed by atoms with Crippen molar-refractivity contribution in [2.45, 2.75) is 12.8 Å². The van der Waals surface area contributed by atoms with Gasteiger partial charge >= 0.3 is 0 Å². The van der Waals surface area contributed by atoms with Crippen LogP contribution in [-0.2, 0) is 4.79 Å². The zero-order valence-corrected chi connectivity index (χ0v) is 13.6. The maximum atomic E-state index is 12.7. The minimum atomic E-state index is 0.164. The number of piperazine rings is 1. The molecular formula is C17H26N4O2. The number of hydrogen-bond donors (Lipinski definition) is 1. The molecule has 0 radical (unpaired) electrons. The van der Waals surface area contributed by atoms with E-state index in [9.17, 15) is 4.79 Å². The van der Waals surface area contributed by atoms with Crippen molar-refractivity contribution >= 4 is 11.6 Å². The van der Waals surface area contributed by atoms with Crippen molar-refractivity contribution in [2.24, 2.45) is 5.92 Å². The lowest BCUT2D eigenvalue weighted by Gasteiger charge is -2.39. The summed E-state index contributed by atoms with van der Waals surface area (Å²) >= 11 is 0. The number of anilines is 1. The number of aromatic nitrogens is 1. The van der Waals surface area contributed by atoms with Crippen LogP contribution in [0.2, 0.25) is 0 Å². The van der Waals surface area contributed by atoms with E-state index < -0.39 is 0 Å². The Morgan fingerprint density at radius 1 is 1.09 bits per heavy atom. The van der Waals surface area contributed by atoms with Gasteiger partial charge in [-0.15, -0.1) is 0 Å². The van der Waals surface area contributed by atoms with E-state index in [-0.39, 0.29) is 12.5 Å². The van der Waals surface area contributed by atoms with Crippen molar-refractivity contribution in [1.29, 1.82) is 0 Å². The van der Waals surface area contributed by atoms with Gasteiger partial charge in [0, 0.05) is 56.7 Å². The van der Waals surface area contributed by atoms with Gasteiger partial charge in [0.05, 0.1) is 6.61 Å². The van der Waals surface area contributed by atoms with E-state index in [0.29, 0.717) is 5.91 Å². The highest BCUT2D eigenvalue weighted by molar-refractivity contribution is 5.79. The Bertz CT molecular complexity index is 495. The lowest BCUT2D eigenvalue weighted by atomic mass is 9.95. The lowest BCUT2D eigenvalue weighted by molar-refractivity contribution is -0.137. The number of likely N-dealkylation sites (tertiary alicyclic amines) is 1. The number of carbonyl (C=O) groups is 1. The van der Waals surface area contributed by atoms with Gasteiger partial charge in [-0.3, -0.25) is 9.78 Å². The van der Waals surface area contributed by atoms with Gasteiger partial charge < -0.3 is 19.8 Å². The Morgan fingerprint density at radius 3 is 2.35 bits per heavy atom. The molecule has 1 N–H and O–H groups in total. The molecule has 1 amide bonds. The quantitative estimate of drug-likeness (QED) is 0.873. The first-order valence-corrected chi connectivity index (χ1v) is 8.55. The van der Waals surface area contributed by atoms with Crippen molar-refractivity contribution in [3.63, 3.8) is 0 Å². The largest absolute Gasteiger partial charge is 0.395 e. The molecule has 3 heterocycles. The first kappa shape index (κ1) is 16.2. The first-order chi connectivity index (χ1) is 11.3. The molecule has 2 saturated heterocycles. The van der Waals surface area contributed by atoms with Gasteiger partial charge in [0.15, 0.2) is 0 Å². The van der Waals surface area contributed by atoms with Crippen molar-refractivity contribution in [2.75, 3.05) is 57.3 Å². The van der Waals surface area contributed by atoms with Crippen LogP contribution in [0, 0.1) is 5.92 Å². The molecule has 1 aromatic rings. The Labute approximate surface area is 137 Å². The number of piperidine rings is 1. The standard InChI is InChI=1S/C17H26N4O2/c22-14-13-19-7-3-15(4-8-19)17(23)21-11-9-20(10-12-21)16-1-5-18-6-2-16/h1-2,5-6,15,22H,3-4,7-14H2. The molecule has 2 aliphatic heterocycles. The van der Waals surface area contributed by atoms with Crippen LogP contribution in [0.1, 0.15) is 12.8 Å². The molecule has 2 aliphatic rings. The average Bonchev–Trinajstić information content (AvgIpc) is 2.63. The van der Waals surface area contributed by atoms with Crippen molar-refractivity contribution < 1.29 is 9.90 Å². The van der Waals surface area contributed by atoms with Crippen molar-refractivity contribution in [3.05, 3.63) is 24.5 Å².